The highest BCUT2D eigenvalue weighted by atomic mass is 16.3. The molecule has 0 aliphatic heterocycles. The molecule has 2 amide bonds. The van der Waals surface area contributed by atoms with Crippen molar-refractivity contribution in [3.8, 4) is 0 Å². The first-order valence-corrected chi connectivity index (χ1v) is 7.94. The summed E-state index contributed by atoms with van der Waals surface area (Å²) in [6.45, 7) is 0.626. The van der Waals surface area contributed by atoms with Crippen molar-refractivity contribution < 1.29 is 19.1 Å². The number of nitrogens with one attached hydrogen (secondary N) is 1. The lowest BCUT2D eigenvalue weighted by atomic mass is 10.0. The van der Waals surface area contributed by atoms with E-state index in [0.29, 0.717) is 12.3 Å². The molecular weight excluding hydrogens is 296 g/mol. The van der Waals surface area contributed by atoms with Gasteiger partial charge in [0.05, 0.1) is 11.9 Å². The maximum atomic E-state index is 12.0. The summed E-state index contributed by atoms with van der Waals surface area (Å²) in [7, 11) is 1.69. The maximum Gasteiger partial charge on any atom is 0.244 e. The molecule has 1 heterocycles. The maximum absolute atomic E-state index is 12.0. The van der Waals surface area contributed by atoms with E-state index in [9.17, 15) is 14.7 Å². The van der Waals surface area contributed by atoms with E-state index in [-0.39, 0.29) is 24.8 Å². The Labute approximate surface area is 136 Å². The minimum atomic E-state index is -0.737. The minimum Gasteiger partial charge on any atom is -0.465 e. The van der Waals surface area contributed by atoms with Crippen LogP contribution in [0.15, 0.2) is 28.9 Å². The van der Waals surface area contributed by atoms with Gasteiger partial charge in [-0.05, 0) is 31.1 Å². The molecule has 0 unspecified atom stereocenters. The predicted molar refractivity (Wildman–Crippen MR) is 86.4 cm³/mol. The number of likely N-dealkylation sites (N-methyl/N-ethyl adjacent to an activating group) is 1. The van der Waals surface area contributed by atoms with Crippen molar-refractivity contribution in [2.75, 3.05) is 20.1 Å². The van der Waals surface area contributed by atoms with E-state index in [0.717, 1.165) is 25.7 Å². The first kappa shape index (κ1) is 17.3. The molecular formula is C17H24N2O4. The summed E-state index contributed by atoms with van der Waals surface area (Å²) in [6, 6.07) is 3.49. The Balaban J connectivity index is 1.66. The number of carbonyl (C=O) groups excluding carboxylic acids is 2. The smallest absolute Gasteiger partial charge is 0.244 e. The molecule has 1 fully saturated rings. The van der Waals surface area contributed by atoms with Gasteiger partial charge in [-0.15, -0.1) is 0 Å². The van der Waals surface area contributed by atoms with Crippen molar-refractivity contribution in [1.82, 2.24) is 10.2 Å². The Bertz CT molecular complexity index is 545. The van der Waals surface area contributed by atoms with E-state index in [1.807, 2.05) is 0 Å². The lowest BCUT2D eigenvalue weighted by Gasteiger charge is -2.28. The Hall–Kier alpha value is -2.08. The number of carbonyl (C=O) groups is 2. The zero-order valence-electron chi connectivity index (χ0n) is 13.5. The van der Waals surface area contributed by atoms with Crippen LogP contribution in [0.2, 0.25) is 0 Å². The average Bonchev–Trinajstić information content (AvgIpc) is 3.16. The summed E-state index contributed by atoms with van der Waals surface area (Å²) in [5.74, 6) is 0.243. The zero-order valence-corrected chi connectivity index (χ0v) is 13.5. The molecule has 0 saturated heterocycles. The summed E-state index contributed by atoms with van der Waals surface area (Å²) in [5, 5.41) is 13.0. The van der Waals surface area contributed by atoms with Crippen molar-refractivity contribution in [3.63, 3.8) is 0 Å². The summed E-state index contributed by atoms with van der Waals surface area (Å²) < 4.78 is 5.08. The van der Waals surface area contributed by atoms with Crippen LogP contribution < -0.4 is 5.32 Å². The molecule has 0 bridgehead atoms. The van der Waals surface area contributed by atoms with Crippen LogP contribution in [-0.2, 0) is 9.59 Å². The van der Waals surface area contributed by atoms with Gasteiger partial charge in [0.1, 0.15) is 5.76 Å². The van der Waals surface area contributed by atoms with E-state index in [1.54, 1.807) is 30.2 Å². The van der Waals surface area contributed by atoms with E-state index in [1.165, 1.54) is 12.3 Å². The highest BCUT2D eigenvalue weighted by molar-refractivity contribution is 5.91. The third kappa shape index (κ3) is 5.56. The third-order valence-corrected chi connectivity index (χ3v) is 4.07. The van der Waals surface area contributed by atoms with Crippen molar-refractivity contribution >= 4 is 17.9 Å². The second kappa shape index (κ2) is 7.97. The molecule has 0 spiro atoms. The summed E-state index contributed by atoms with van der Waals surface area (Å²) in [6.07, 6.45) is 8.20. The standard InChI is InChI=1S/C17H24N2O4/c1-19(13-17(22)9-2-3-10-17)16(21)8-11-18-15(20)7-6-14-5-4-12-23-14/h4-7,12,22H,2-3,8-11,13H2,1H3,(H,18,20)/b7-6+. The first-order valence-electron chi connectivity index (χ1n) is 7.94. The van der Waals surface area contributed by atoms with Crippen molar-refractivity contribution in [1.29, 1.82) is 0 Å². The number of hydrogen-bond acceptors (Lipinski definition) is 4. The molecule has 0 atom stereocenters. The van der Waals surface area contributed by atoms with Gasteiger partial charge in [0.25, 0.3) is 0 Å². The number of aliphatic hydroxyl groups is 1. The molecule has 1 aliphatic carbocycles. The average molecular weight is 320 g/mol. The number of furan rings is 1. The fourth-order valence-corrected chi connectivity index (χ4v) is 2.81. The van der Waals surface area contributed by atoms with E-state index >= 15 is 0 Å². The first-order chi connectivity index (χ1) is 11.0. The fourth-order valence-electron chi connectivity index (χ4n) is 2.81. The molecule has 1 aromatic rings. The molecule has 0 radical (unpaired) electrons. The van der Waals surface area contributed by atoms with Gasteiger partial charge in [0.15, 0.2) is 0 Å². The number of rotatable bonds is 7. The molecule has 2 N–H and O–H groups in total. The highest BCUT2D eigenvalue weighted by Crippen LogP contribution is 2.29. The van der Waals surface area contributed by atoms with Crippen LogP contribution in [0.5, 0.6) is 0 Å². The van der Waals surface area contributed by atoms with Gasteiger partial charge in [0.2, 0.25) is 11.8 Å². The molecule has 1 aliphatic rings. The predicted octanol–water partition coefficient (Wildman–Crippen LogP) is 1.56. The SMILES string of the molecule is CN(CC1(O)CCCC1)C(=O)CCNC(=O)/C=C/c1ccco1. The van der Waals surface area contributed by atoms with Crippen molar-refractivity contribution in [3.05, 3.63) is 30.2 Å². The molecule has 23 heavy (non-hydrogen) atoms. The molecule has 6 heteroatoms. The van der Waals surface area contributed by atoms with Gasteiger partial charge >= 0.3 is 0 Å². The second-order valence-electron chi connectivity index (χ2n) is 6.07. The van der Waals surface area contributed by atoms with Gasteiger partial charge in [-0.1, -0.05) is 12.8 Å². The minimum absolute atomic E-state index is 0.0827. The lowest BCUT2D eigenvalue weighted by molar-refractivity contribution is -0.133. The van der Waals surface area contributed by atoms with Crippen LogP contribution in [0.25, 0.3) is 6.08 Å². The van der Waals surface area contributed by atoms with Gasteiger partial charge in [-0.3, -0.25) is 9.59 Å². The Morgan fingerprint density at radius 1 is 1.43 bits per heavy atom. The largest absolute Gasteiger partial charge is 0.465 e. The van der Waals surface area contributed by atoms with Crippen LogP contribution in [0, 0.1) is 0 Å². The van der Waals surface area contributed by atoms with Crippen LogP contribution >= 0.6 is 0 Å². The Morgan fingerprint density at radius 3 is 2.83 bits per heavy atom. The molecule has 6 nitrogen and oxygen atoms in total. The lowest BCUT2D eigenvalue weighted by Crippen LogP contribution is -2.42. The summed E-state index contributed by atoms with van der Waals surface area (Å²) in [5.41, 5.74) is -0.737. The topological polar surface area (TPSA) is 82.8 Å². The van der Waals surface area contributed by atoms with Crippen LogP contribution in [0.4, 0.5) is 0 Å². The van der Waals surface area contributed by atoms with E-state index in [4.69, 9.17) is 4.42 Å². The molecule has 0 aromatic carbocycles. The van der Waals surface area contributed by atoms with Crippen LogP contribution in [0.3, 0.4) is 0 Å². The quantitative estimate of drug-likeness (QED) is 0.747. The molecule has 1 aromatic heterocycles. The van der Waals surface area contributed by atoms with E-state index in [2.05, 4.69) is 5.32 Å². The fraction of sp³-hybridized carbons (Fsp3) is 0.529. The second-order valence-corrected chi connectivity index (χ2v) is 6.07. The normalized spacial score (nSPS) is 16.6. The Morgan fingerprint density at radius 2 is 2.17 bits per heavy atom. The van der Waals surface area contributed by atoms with Crippen LogP contribution in [-0.4, -0.2) is 47.6 Å². The van der Waals surface area contributed by atoms with Gasteiger partial charge < -0.3 is 19.7 Å². The van der Waals surface area contributed by atoms with Gasteiger partial charge in [0, 0.05) is 32.6 Å². The van der Waals surface area contributed by atoms with Crippen molar-refractivity contribution in [2.24, 2.45) is 0 Å². The van der Waals surface area contributed by atoms with E-state index < -0.39 is 5.60 Å². The van der Waals surface area contributed by atoms with Gasteiger partial charge in [-0.25, -0.2) is 0 Å². The van der Waals surface area contributed by atoms with Crippen LogP contribution in [0.1, 0.15) is 37.9 Å². The number of amides is 2. The number of hydrogen-bond donors (Lipinski definition) is 2. The highest BCUT2D eigenvalue weighted by Gasteiger charge is 2.33. The molecule has 1 saturated carbocycles. The number of nitrogens with zero attached hydrogens (tertiary/aromatic N) is 1. The third-order valence-electron chi connectivity index (χ3n) is 4.07. The van der Waals surface area contributed by atoms with Crippen molar-refractivity contribution in [2.45, 2.75) is 37.7 Å². The molecule has 126 valence electrons. The zero-order chi connectivity index (χ0) is 16.7. The summed E-state index contributed by atoms with van der Waals surface area (Å²) in [4.78, 5) is 25.2. The summed E-state index contributed by atoms with van der Waals surface area (Å²) >= 11 is 0. The van der Waals surface area contributed by atoms with Gasteiger partial charge in [-0.2, -0.15) is 0 Å². The Kier molecular flexibility index (Phi) is 5.98. The molecule has 2 rings (SSSR count). The monoisotopic (exact) mass is 320 g/mol.